The van der Waals surface area contributed by atoms with E-state index in [0.717, 1.165) is 11.8 Å². The second-order valence-electron chi connectivity index (χ2n) is 3.42. The summed E-state index contributed by atoms with van der Waals surface area (Å²) in [5.41, 5.74) is 1.22. The molecule has 0 unspecified atom stereocenters. The van der Waals surface area contributed by atoms with Gasteiger partial charge in [-0.25, -0.2) is 8.42 Å². The van der Waals surface area contributed by atoms with Gasteiger partial charge in [-0.2, -0.15) is 0 Å². The van der Waals surface area contributed by atoms with Crippen LogP contribution in [-0.4, -0.2) is 27.6 Å². The molecule has 0 aliphatic heterocycles. The van der Waals surface area contributed by atoms with E-state index >= 15 is 0 Å². The molecule has 1 aromatic carbocycles. The molecule has 88 valence electrons. The lowest BCUT2D eigenvalue weighted by Crippen LogP contribution is -2.20. The summed E-state index contributed by atoms with van der Waals surface area (Å²) < 4.78 is 24.4. The molecule has 2 N–H and O–H groups in total. The molecule has 0 saturated heterocycles. The molecule has 0 saturated carbocycles. The van der Waals surface area contributed by atoms with Gasteiger partial charge in [-0.3, -0.25) is 9.52 Å². The molecule has 1 rings (SSSR count). The van der Waals surface area contributed by atoms with Crippen LogP contribution in [0.3, 0.4) is 0 Å². The Labute approximate surface area is 94.9 Å². The predicted molar refractivity (Wildman–Crippen MR) is 62.7 cm³/mol. The van der Waals surface area contributed by atoms with Crippen molar-refractivity contribution in [3.05, 3.63) is 29.8 Å². The smallest absolute Gasteiger partial charge is 0.229 e. The molecule has 0 aliphatic rings. The maximum Gasteiger partial charge on any atom is 0.229 e. The van der Waals surface area contributed by atoms with E-state index < -0.39 is 10.0 Å². The van der Waals surface area contributed by atoms with Gasteiger partial charge in [0.25, 0.3) is 0 Å². The molecule has 0 atom stereocenters. The van der Waals surface area contributed by atoms with Crippen molar-refractivity contribution in [2.45, 2.75) is 6.42 Å². The highest BCUT2D eigenvalue weighted by Crippen LogP contribution is 2.12. The fourth-order valence-electron chi connectivity index (χ4n) is 1.23. The van der Waals surface area contributed by atoms with Crippen LogP contribution in [0.5, 0.6) is 0 Å². The molecule has 0 spiro atoms. The molecule has 0 heterocycles. The minimum atomic E-state index is -3.28. The number of amides is 1. The zero-order chi connectivity index (χ0) is 12.2. The Balaban J connectivity index is 2.83. The van der Waals surface area contributed by atoms with Gasteiger partial charge in [-0.15, -0.1) is 0 Å². The van der Waals surface area contributed by atoms with Crippen LogP contribution in [-0.2, 0) is 21.2 Å². The first-order valence-electron chi connectivity index (χ1n) is 4.68. The Bertz CT molecular complexity index is 483. The SMILES string of the molecule is CNC(=O)Cc1cccc(NS(C)(=O)=O)c1. The van der Waals surface area contributed by atoms with Gasteiger partial charge in [-0.05, 0) is 17.7 Å². The van der Waals surface area contributed by atoms with Crippen LogP contribution >= 0.6 is 0 Å². The Hall–Kier alpha value is -1.56. The highest BCUT2D eigenvalue weighted by molar-refractivity contribution is 7.92. The van der Waals surface area contributed by atoms with E-state index in [1.807, 2.05) is 0 Å². The monoisotopic (exact) mass is 242 g/mol. The summed E-state index contributed by atoms with van der Waals surface area (Å²) in [6.45, 7) is 0. The van der Waals surface area contributed by atoms with Crippen molar-refractivity contribution in [1.82, 2.24) is 5.32 Å². The average molecular weight is 242 g/mol. The van der Waals surface area contributed by atoms with E-state index in [1.165, 1.54) is 0 Å². The van der Waals surface area contributed by atoms with Gasteiger partial charge >= 0.3 is 0 Å². The summed E-state index contributed by atoms with van der Waals surface area (Å²) >= 11 is 0. The van der Waals surface area contributed by atoms with Gasteiger partial charge in [-0.1, -0.05) is 12.1 Å². The van der Waals surface area contributed by atoms with Gasteiger partial charge in [0.1, 0.15) is 0 Å². The van der Waals surface area contributed by atoms with E-state index in [0.29, 0.717) is 5.69 Å². The zero-order valence-electron chi connectivity index (χ0n) is 9.15. The molecular weight excluding hydrogens is 228 g/mol. The summed E-state index contributed by atoms with van der Waals surface area (Å²) in [7, 11) is -1.72. The largest absolute Gasteiger partial charge is 0.359 e. The number of anilines is 1. The van der Waals surface area contributed by atoms with Crippen LogP contribution < -0.4 is 10.0 Å². The Morgan fingerprint density at radius 1 is 1.38 bits per heavy atom. The number of hydrogen-bond acceptors (Lipinski definition) is 3. The molecule has 0 fully saturated rings. The third-order valence-corrected chi connectivity index (χ3v) is 2.48. The standard InChI is InChI=1S/C10H14N2O3S/c1-11-10(13)7-8-4-3-5-9(6-8)12-16(2,14)15/h3-6,12H,7H2,1-2H3,(H,11,13). The Morgan fingerprint density at radius 3 is 2.62 bits per heavy atom. The molecule has 0 aliphatic carbocycles. The van der Waals surface area contributed by atoms with E-state index in [4.69, 9.17) is 0 Å². The summed E-state index contributed by atoms with van der Waals surface area (Å²) in [6.07, 6.45) is 1.31. The highest BCUT2D eigenvalue weighted by atomic mass is 32.2. The van der Waals surface area contributed by atoms with Crippen molar-refractivity contribution in [1.29, 1.82) is 0 Å². The van der Waals surface area contributed by atoms with Crippen LogP contribution in [0.25, 0.3) is 0 Å². The number of carbonyl (C=O) groups excluding carboxylic acids is 1. The number of hydrogen-bond donors (Lipinski definition) is 2. The lowest BCUT2D eigenvalue weighted by Gasteiger charge is -2.06. The summed E-state index contributed by atoms with van der Waals surface area (Å²) in [6, 6.07) is 6.74. The van der Waals surface area contributed by atoms with Crippen LogP contribution in [0.2, 0.25) is 0 Å². The number of nitrogens with one attached hydrogen (secondary N) is 2. The van der Waals surface area contributed by atoms with Crippen LogP contribution in [0.1, 0.15) is 5.56 Å². The number of likely N-dealkylation sites (N-methyl/N-ethyl adjacent to an activating group) is 1. The van der Waals surface area contributed by atoms with Gasteiger partial charge in [0.15, 0.2) is 0 Å². The Kier molecular flexibility index (Phi) is 3.89. The minimum Gasteiger partial charge on any atom is -0.359 e. The van der Waals surface area contributed by atoms with E-state index in [9.17, 15) is 13.2 Å². The van der Waals surface area contributed by atoms with Crippen molar-refractivity contribution in [2.75, 3.05) is 18.0 Å². The lowest BCUT2D eigenvalue weighted by atomic mass is 10.1. The third kappa shape index (κ3) is 4.31. The fourth-order valence-corrected chi connectivity index (χ4v) is 1.79. The van der Waals surface area contributed by atoms with Gasteiger partial charge < -0.3 is 5.32 Å². The van der Waals surface area contributed by atoms with Gasteiger partial charge in [0, 0.05) is 12.7 Å². The van der Waals surface area contributed by atoms with Crippen molar-refractivity contribution in [3.8, 4) is 0 Å². The zero-order valence-corrected chi connectivity index (χ0v) is 9.97. The number of sulfonamides is 1. The Morgan fingerprint density at radius 2 is 2.06 bits per heavy atom. The predicted octanol–water partition coefficient (Wildman–Crippen LogP) is 0.347. The molecule has 6 heteroatoms. The number of rotatable bonds is 4. The molecule has 16 heavy (non-hydrogen) atoms. The maximum absolute atomic E-state index is 11.1. The first-order valence-corrected chi connectivity index (χ1v) is 6.57. The molecule has 0 bridgehead atoms. The second-order valence-corrected chi connectivity index (χ2v) is 5.17. The topological polar surface area (TPSA) is 75.3 Å². The number of carbonyl (C=O) groups is 1. The van der Waals surface area contributed by atoms with Crippen molar-refractivity contribution in [2.24, 2.45) is 0 Å². The van der Waals surface area contributed by atoms with E-state index in [1.54, 1.807) is 31.3 Å². The minimum absolute atomic E-state index is 0.114. The van der Waals surface area contributed by atoms with Gasteiger partial charge in [0.05, 0.1) is 12.7 Å². The molecular formula is C10H14N2O3S. The van der Waals surface area contributed by atoms with E-state index in [-0.39, 0.29) is 12.3 Å². The third-order valence-electron chi connectivity index (χ3n) is 1.87. The molecule has 1 aromatic rings. The summed E-state index contributed by atoms with van der Waals surface area (Å²) in [5, 5.41) is 2.50. The van der Waals surface area contributed by atoms with E-state index in [2.05, 4.69) is 10.0 Å². The lowest BCUT2D eigenvalue weighted by molar-refractivity contribution is -0.119. The molecule has 0 aromatic heterocycles. The van der Waals surface area contributed by atoms with Crippen molar-refractivity contribution in [3.63, 3.8) is 0 Å². The maximum atomic E-state index is 11.1. The molecule has 1 amide bonds. The first kappa shape index (κ1) is 12.5. The van der Waals surface area contributed by atoms with Crippen LogP contribution in [0.15, 0.2) is 24.3 Å². The normalized spacial score (nSPS) is 10.9. The summed E-state index contributed by atoms with van der Waals surface area (Å²) in [4.78, 5) is 11.1. The van der Waals surface area contributed by atoms with Gasteiger partial charge in [0.2, 0.25) is 15.9 Å². The quantitative estimate of drug-likeness (QED) is 0.799. The first-order chi connectivity index (χ1) is 7.40. The van der Waals surface area contributed by atoms with Crippen molar-refractivity contribution >= 4 is 21.6 Å². The summed E-state index contributed by atoms with van der Waals surface area (Å²) in [5.74, 6) is -0.114. The van der Waals surface area contributed by atoms with Crippen molar-refractivity contribution < 1.29 is 13.2 Å². The molecule has 5 nitrogen and oxygen atoms in total. The number of benzene rings is 1. The van der Waals surface area contributed by atoms with Crippen LogP contribution in [0.4, 0.5) is 5.69 Å². The second kappa shape index (κ2) is 4.98. The highest BCUT2D eigenvalue weighted by Gasteiger charge is 2.04. The molecule has 0 radical (unpaired) electrons. The fraction of sp³-hybridized carbons (Fsp3) is 0.300. The van der Waals surface area contributed by atoms with Crippen LogP contribution in [0, 0.1) is 0 Å². The average Bonchev–Trinajstić information content (AvgIpc) is 2.15.